The van der Waals surface area contributed by atoms with Crippen molar-refractivity contribution in [2.24, 2.45) is 0 Å². The van der Waals surface area contributed by atoms with E-state index in [0.29, 0.717) is 25.2 Å². The number of piperazine rings is 1. The maximum Gasteiger partial charge on any atom is 0.173 e. The van der Waals surface area contributed by atoms with Crippen LogP contribution in [0.3, 0.4) is 0 Å². The van der Waals surface area contributed by atoms with Gasteiger partial charge in [-0.05, 0) is 42.0 Å². The van der Waals surface area contributed by atoms with E-state index in [4.69, 9.17) is 58.6 Å². The quantitative estimate of drug-likeness (QED) is 0.596. The maximum absolute atomic E-state index is 6.27. The molecule has 0 amide bonds. The Labute approximate surface area is 178 Å². The molecule has 0 unspecified atom stereocenters. The second kappa shape index (κ2) is 8.96. The first-order valence-electron chi connectivity index (χ1n) is 8.10. The van der Waals surface area contributed by atoms with Crippen molar-refractivity contribution in [3.8, 4) is 0 Å². The highest BCUT2D eigenvalue weighted by Crippen LogP contribution is 2.30. The van der Waals surface area contributed by atoms with Crippen LogP contribution in [0.2, 0.25) is 20.1 Å². The SMILES string of the molecule is S=C(Nc1cccc(Cl)c1Cl)N1CCN(Cc2ccc(Cl)cc2Cl)CC1. The van der Waals surface area contributed by atoms with Crippen LogP contribution >= 0.6 is 58.6 Å². The van der Waals surface area contributed by atoms with Crippen LogP contribution in [-0.4, -0.2) is 41.1 Å². The fourth-order valence-electron chi connectivity index (χ4n) is 2.79. The summed E-state index contributed by atoms with van der Waals surface area (Å²) in [4.78, 5) is 4.48. The van der Waals surface area contributed by atoms with E-state index >= 15 is 0 Å². The molecule has 8 heteroatoms. The number of anilines is 1. The number of nitrogens with one attached hydrogen (secondary N) is 1. The molecule has 0 bridgehead atoms. The number of benzene rings is 2. The van der Waals surface area contributed by atoms with Crippen LogP contribution in [0.4, 0.5) is 5.69 Å². The van der Waals surface area contributed by atoms with Crippen LogP contribution in [0.1, 0.15) is 5.56 Å². The predicted octanol–water partition coefficient (Wildman–Crippen LogP) is 5.81. The summed E-state index contributed by atoms with van der Waals surface area (Å²) in [5.74, 6) is 0. The predicted molar refractivity (Wildman–Crippen MR) is 116 cm³/mol. The Morgan fingerprint density at radius 2 is 1.69 bits per heavy atom. The van der Waals surface area contributed by atoms with Crippen LogP contribution < -0.4 is 5.32 Å². The minimum Gasteiger partial charge on any atom is -0.346 e. The van der Waals surface area contributed by atoms with Crippen LogP contribution in [0, 0.1) is 0 Å². The van der Waals surface area contributed by atoms with Crippen molar-refractivity contribution in [3.63, 3.8) is 0 Å². The van der Waals surface area contributed by atoms with Gasteiger partial charge in [-0.3, -0.25) is 4.90 Å². The Morgan fingerprint density at radius 1 is 0.962 bits per heavy atom. The summed E-state index contributed by atoms with van der Waals surface area (Å²) < 4.78 is 0. The number of hydrogen-bond donors (Lipinski definition) is 1. The molecule has 1 heterocycles. The molecule has 1 aliphatic heterocycles. The van der Waals surface area contributed by atoms with Crippen molar-refractivity contribution < 1.29 is 0 Å². The third kappa shape index (κ3) is 4.94. The van der Waals surface area contributed by atoms with Crippen molar-refractivity contribution >= 4 is 69.4 Å². The first-order chi connectivity index (χ1) is 12.4. The van der Waals surface area contributed by atoms with Crippen LogP contribution in [-0.2, 0) is 6.54 Å². The lowest BCUT2D eigenvalue weighted by Gasteiger charge is -2.36. The van der Waals surface area contributed by atoms with Gasteiger partial charge in [0, 0.05) is 42.8 Å². The highest BCUT2D eigenvalue weighted by molar-refractivity contribution is 7.80. The molecule has 0 radical (unpaired) electrons. The number of halogens is 4. The molecule has 3 nitrogen and oxygen atoms in total. The van der Waals surface area contributed by atoms with E-state index in [1.54, 1.807) is 12.1 Å². The molecule has 138 valence electrons. The van der Waals surface area contributed by atoms with Gasteiger partial charge in [-0.15, -0.1) is 0 Å². The molecule has 0 spiro atoms. The van der Waals surface area contributed by atoms with Crippen molar-refractivity contribution in [1.29, 1.82) is 0 Å². The standard InChI is InChI=1S/C18H17Cl4N3S/c19-13-5-4-12(15(21)10-13)11-24-6-8-25(9-7-24)18(26)23-16-3-1-2-14(20)17(16)22/h1-5,10H,6-9,11H2,(H,23,26). The smallest absolute Gasteiger partial charge is 0.173 e. The van der Waals surface area contributed by atoms with Gasteiger partial charge in [-0.2, -0.15) is 0 Å². The summed E-state index contributed by atoms with van der Waals surface area (Å²) in [6.45, 7) is 4.24. The molecule has 26 heavy (non-hydrogen) atoms. The molecular formula is C18H17Cl4N3S. The van der Waals surface area contributed by atoms with Gasteiger partial charge >= 0.3 is 0 Å². The average molecular weight is 449 g/mol. The number of rotatable bonds is 3. The topological polar surface area (TPSA) is 18.5 Å². The van der Waals surface area contributed by atoms with Crippen molar-refractivity contribution in [1.82, 2.24) is 9.80 Å². The number of thiocarbonyl (C=S) groups is 1. The first kappa shape index (κ1) is 20.0. The molecular weight excluding hydrogens is 432 g/mol. The maximum atomic E-state index is 6.27. The summed E-state index contributed by atoms with van der Waals surface area (Å²) >= 11 is 30.0. The Kier molecular flexibility index (Phi) is 6.89. The Bertz CT molecular complexity index is 807. The van der Waals surface area contributed by atoms with E-state index in [2.05, 4.69) is 15.1 Å². The van der Waals surface area contributed by atoms with Gasteiger partial charge in [0.15, 0.2) is 5.11 Å². The highest BCUT2D eigenvalue weighted by Gasteiger charge is 2.20. The lowest BCUT2D eigenvalue weighted by atomic mass is 10.2. The van der Waals surface area contributed by atoms with E-state index < -0.39 is 0 Å². The monoisotopic (exact) mass is 447 g/mol. The summed E-state index contributed by atoms with van der Waals surface area (Å²) in [5, 5.41) is 6.18. The molecule has 1 aliphatic rings. The van der Waals surface area contributed by atoms with Crippen molar-refractivity contribution in [3.05, 3.63) is 62.1 Å². The molecule has 1 saturated heterocycles. The van der Waals surface area contributed by atoms with E-state index in [0.717, 1.165) is 44.0 Å². The molecule has 0 atom stereocenters. The molecule has 1 fully saturated rings. The fraction of sp³-hybridized carbons (Fsp3) is 0.278. The minimum atomic E-state index is 0.479. The van der Waals surface area contributed by atoms with Crippen molar-refractivity contribution in [2.45, 2.75) is 6.54 Å². The second-order valence-electron chi connectivity index (χ2n) is 6.03. The highest BCUT2D eigenvalue weighted by atomic mass is 35.5. The van der Waals surface area contributed by atoms with Crippen molar-refractivity contribution in [2.75, 3.05) is 31.5 Å². The van der Waals surface area contributed by atoms with Gasteiger partial charge in [0.2, 0.25) is 0 Å². The average Bonchev–Trinajstić information content (AvgIpc) is 2.62. The zero-order valence-corrected chi connectivity index (χ0v) is 17.7. The molecule has 0 aliphatic carbocycles. The minimum absolute atomic E-state index is 0.479. The lowest BCUT2D eigenvalue weighted by molar-refractivity contribution is 0.177. The molecule has 3 rings (SSSR count). The molecule has 0 saturated carbocycles. The summed E-state index contributed by atoms with van der Waals surface area (Å²) in [6.07, 6.45) is 0. The molecule has 2 aromatic carbocycles. The largest absolute Gasteiger partial charge is 0.346 e. The third-order valence-electron chi connectivity index (χ3n) is 4.26. The normalized spacial score (nSPS) is 15.2. The van der Waals surface area contributed by atoms with Gasteiger partial charge in [-0.1, -0.05) is 58.5 Å². The van der Waals surface area contributed by atoms with E-state index in [1.165, 1.54) is 0 Å². The lowest BCUT2D eigenvalue weighted by Crippen LogP contribution is -2.49. The second-order valence-corrected chi connectivity index (χ2v) is 8.05. The summed E-state index contributed by atoms with van der Waals surface area (Å²) in [5.41, 5.74) is 1.80. The number of nitrogens with zero attached hydrogens (tertiary/aromatic N) is 2. The molecule has 0 aromatic heterocycles. The first-order valence-corrected chi connectivity index (χ1v) is 10.0. The molecule has 2 aromatic rings. The van der Waals surface area contributed by atoms with Crippen LogP contribution in [0.5, 0.6) is 0 Å². The third-order valence-corrected chi connectivity index (χ3v) is 6.03. The van der Waals surface area contributed by atoms with E-state index in [-0.39, 0.29) is 0 Å². The van der Waals surface area contributed by atoms with E-state index in [9.17, 15) is 0 Å². The zero-order chi connectivity index (χ0) is 18.7. The van der Waals surface area contributed by atoms with Gasteiger partial charge in [0.05, 0.1) is 15.7 Å². The molecule has 1 N–H and O–H groups in total. The Morgan fingerprint density at radius 3 is 2.38 bits per heavy atom. The Balaban J connectivity index is 1.54. The summed E-state index contributed by atoms with van der Waals surface area (Å²) in [7, 11) is 0. The van der Waals surface area contributed by atoms with Gasteiger partial charge in [0.25, 0.3) is 0 Å². The van der Waals surface area contributed by atoms with E-state index in [1.807, 2.05) is 24.3 Å². The van der Waals surface area contributed by atoms with Gasteiger partial charge < -0.3 is 10.2 Å². The fourth-order valence-corrected chi connectivity index (χ4v) is 3.90. The number of hydrogen-bond acceptors (Lipinski definition) is 2. The van der Waals surface area contributed by atoms with Gasteiger partial charge in [-0.25, -0.2) is 0 Å². The van der Waals surface area contributed by atoms with Gasteiger partial charge in [0.1, 0.15) is 0 Å². The van der Waals surface area contributed by atoms with Crippen LogP contribution in [0.25, 0.3) is 0 Å². The zero-order valence-electron chi connectivity index (χ0n) is 13.8. The Hall–Kier alpha value is -0.750. The summed E-state index contributed by atoms with van der Waals surface area (Å²) in [6, 6.07) is 11.1. The van der Waals surface area contributed by atoms with Crippen LogP contribution in [0.15, 0.2) is 36.4 Å².